The molecule has 1 atom stereocenters. The van der Waals surface area contributed by atoms with Gasteiger partial charge in [-0.15, -0.1) is 11.3 Å². The van der Waals surface area contributed by atoms with Gasteiger partial charge >= 0.3 is 0 Å². The van der Waals surface area contributed by atoms with E-state index in [-0.39, 0.29) is 6.04 Å². The van der Waals surface area contributed by atoms with Crippen LogP contribution < -0.4 is 10.6 Å². The minimum absolute atomic E-state index is 0.116. The van der Waals surface area contributed by atoms with Crippen molar-refractivity contribution >= 4 is 50.5 Å². The molecule has 0 radical (unpaired) electrons. The summed E-state index contributed by atoms with van der Waals surface area (Å²) in [6.07, 6.45) is 0. The molecule has 2 aromatic rings. The first-order chi connectivity index (χ1) is 9.58. The molecule has 1 unspecified atom stereocenters. The van der Waals surface area contributed by atoms with Crippen molar-refractivity contribution in [2.24, 2.45) is 10.7 Å². The highest BCUT2D eigenvalue weighted by Gasteiger charge is 2.31. The summed E-state index contributed by atoms with van der Waals surface area (Å²) in [6, 6.07) is 9.97. The Labute approximate surface area is 135 Å². The van der Waals surface area contributed by atoms with Gasteiger partial charge in [-0.3, -0.25) is 4.99 Å². The maximum Gasteiger partial charge on any atom is 0.196 e. The molecule has 0 aliphatic carbocycles. The lowest BCUT2D eigenvalue weighted by Gasteiger charge is -2.26. The smallest absolute Gasteiger partial charge is 0.196 e. The van der Waals surface area contributed by atoms with Crippen molar-refractivity contribution in [2.45, 2.75) is 13.0 Å². The lowest BCUT2D eigenvalue weighted by molar-refractivity contribution is 0.784. The van der Waals surface area contributed by atoms with Crippen LogP contribution in [0.3, 0.4) is 0 Å². The summed E-state index contributed by atoms with van der Waals surface area (Å²) in [5.74, 6) is 0.519. The number of nitrogens with zero attached hydrogens (tertiary/aromatic N) is 2. The molecule has 1 aliphatic rings. The largest absolute Gasteiger partial charge is 0.369 e. The van der Waals surface area contributed by atoms with Crippen molar-refractivity contribution in [1.82, 2.24) is 0 Å². The zero-order valence-corrected chi connectivity index (χ0v) is 14.0. The van der Waals surface area contributed by atoms with Crippen LogP contribution in [0.25, 0.3) is 0 Å². The van der Waals surface area contributed by atoms with E-state index >= 15 is 0 Å². The third-order valence-corrected chi connectivity index (χ3v) is 5.86. The predicted octanol–water partition coefficient (Wildman–Crippen LogP) is 4.35. The van der Waals surface area contributed by atoms with Crippen molar-refractivity contribution in [1.29, 1.82) is 0 Å². The lowest BCUT2D eigenvalue weighted by atomic mass is 10.2. The molecule has 0 amide bonds. The predicted molar refractivity (Wildman–Crippen MR) is 89.9 cm³/mol. The fourth-order valence-corrected chi connectivity index (χ4v) is 4.17. The number of rotatable bonds is 2. The van der Waals surface area contributed by atoms with E-state index in [4.69, 9.17) is 17.3 Å². The van der Waals surface area contributed by atoms with E-state index in [9.17, 15) is 0 Å². The van der Waals surface area contributed by atoms with E-state index in [2.05, 4.69) is 33.9 Å². The monoisotopic (exact) mass is 369 g/mol. The molecule has 0 spiro atoms. The Kier molecular flexibility index (Phi) is 3.75. The van der Waals surface area contributed by atoms with Crippen LogP contribution in [0, 0.1) is 6.92 Å². The second-order valence-corrected chi connectivity index (χ2v) is 7.14. The third kappa shape index (κ3) is 2.34. The number of benzene rings is 1. The summed E-state index contributed by atoms with van der Waals surface area (Å²) in [5, 5.41) is 0.685. The first kappa shape index (κ1) is 13.9. The average molecular weight is 371 g/mol. The summed E-state index contributed by atoms with van der Waals surface area (Å²) < 4.78 is 1.13. The highest BCUT2D eigenvalue weighted by atomic mass is 79.9. The molecule has 0 fully saturated rings. The van der Waals surface area contributed by atoms with Gasteiger partial charge < -0.3 is 10.6 Å². The van der Waals surface area contributed by atoms with Crippen LogP contribution in [0.2, 0.25) is 5.02 Å². The van der Waals surface area contributed by atoms with Crippen molar-refractivity contribution in [3.63, 3.8) is 0 Å². The SMILES string of the molecule is Cc1sc(C2CN=C(N)N2c2ccccc2Cl)cc1Br. The fraction of sp³-hybridized carbons (Fsp3) is 0.214. The normalized spacial score (nSPS) is 18.4. The van der Waals surface area contributed by atoms with Gasteiger partial charge in [-0.05, 0) is 41.1 Å². The molecule has 104 valence electrons. The van der Waals surface area contributed by atoms with Gasteiger partial charge in [0.05, 0.1) is 23.3 Å². The Morgan fingerprint density at radius 3 is 2.85 bits per heavy atom. The number of hydrogen-bond donors (Lipinski definition) is 1. The van der Waals surface area contributed by atoms with Gasteiger partial charge in [0.1, 0.15) is 0 Å². The molecule has 1 aromatic heterocycles. The molecule has 0 saturated heterocycles. The zero-order valence-electron chi connectivity index (χ0n) is 10.8. The molecule has 2 N–H and O–H groups in total. The van der Waals surface area contributed by atoms with Crippen LogP contribution in [-0.2, 0) is 0 Å². The van der Waals surface area contributed by atoms with Gasteiger partial charge in [0.15, 0.2) is 5.96 Å². The van der Waals surface area contributed by atoms with E-state index in [1.807, 2.05) is 29.2 Å². The number of hydrogen-bond acceptors (Lipinski definition) is 4. The van der Waals surface area contributed by atoms with Crippen LogP contribution in [0.4, 0.5) is 5.69 Å². The highest BCUT2D eigenvalue weighted by molar-refractivity contribution is 9.10. The average Bonchev–Trinajstić information content (AvgIpc) is 2.94. The molecule has 1 aliphatic heterocycles. The van der Waals surface area contributed by atoms with Crippen molar-refractivity contribution in [3.05, 3.63) is 49.6 Å². The molecule has 20 heavy (non-hydrogen) atoms. The summed E-state index contributed by atoms with van der Waals surface area (Å²) in [4.78, 5) is 8.89. The Hall–Kier alpha value is -1.04. The number of para-hydroxylation sites is 1. The minimum Gasteiger partial charge on any atom is -0.369 e. The summed E-state index contributed by atoms with van der Waals surface area (Å²) in [6.45, 7) is 2.75. The fourth-order valence-electron chi connectivity index (χ4n) is 2.30. The van der Waals surface area contributed by atoms with E-state index in [0.717, 1.165) is 10.2 Å². The zero-order chi connectivity index (χ0) is 14.3. The molecule has 1 aromatic carbocycles. The highest BCUT2D eigenvalue weighted by Crippen LogP contribution is 2.39. The van der Waals surface area contributed by atoms with E-state index in [0.29, 0.717) is 17.5 Å². The number of guanidine groups is 1. The summed E-state index contributed by atoms with van der Waals surface area (Å²) in [5.41, 5.74) is 6.97. The van der Waals surface area contributed by atoms with Crippen molar-refractivity contribution < 1.29 is 0 Å². The Morgan fingerprint density at radius 2 is 2.20 bits per heavy atom. The number of aliphatic imine (C=N–C) groups is 1. The quantitative estimate of drug-likeness (QED) is 0.854. The van der Waals surface area contributed by atoms with E-state index in [1.165, 1.54) is 9.75 Å². The van der Waals surface area contributed by atoms with Crippen molar-refractivity contribution in [3.8, 4) is 0 Å². The van der Waals surface area contributed by atoms with Gasteiger partial charge in [0.2, 0.25) is 0 Å². The number of thiophene rings is 1. The van der Waals surface area contributed by atoms with Gasteiger partial charge in [-0.25, -0.2) is 0 Å². The molecular formula is C14H13BrClN3S. The summed E-state index contributed by atoms with van der Waals surface area (Å²) >= 11 is 11.6. The molecule has 0 bridgehead atoms. The lowest BCUT2D eigenvalue weighted by Crippen LogP contribution is -2.36. The minimum atomic E-state index is 0.116. The molecular weight excluding hydrogens is 358 g/mol. The van der Waals surface area contributed by atoms with Crippen LogP contribution in [-0.4, -0.2) is 12.5 Å². The van der Waals surface area contributed by atoms with E-state index in [1.54, 1.807) is 11.3 Å². The Balaban J connectivity index is 2.03. The number of aryl methyl sites for hydroxylation is 1. The molecule has 3 rings (SSSR count). The van der Waals surface area contributed by atoms with Crippen LogP contribution >= 0.6 is 38.9 Å². The summed E-state index contributed by atoms with van der Waals surface area (Å²) in [7, 11) is 0. The Morgan fingerprint density at radius 1 is 1.45 bits per heavy atom. The van der Waals surface area contributed by atoms with Gasteiger partial charge in [-0.2, -0.15) is 0 Å². The molecule has 6 heteroatoms. The van der Waals surface area contributed by atoms with Gasteiger partial charge in [0.25, 0.3) is 0 Å². The molecule has 2 heterocycles. The first-order valence-electron chi connectivity index (χ1n) is 6.17. The van der Waals surface area contributed by atoms with Gasteiger partial charge in [-0.1, -0.05) is 23.7 Å². The number of nitrogens with two attached hydrogens (primary N) is 1. The maximum absolute atomic E-state index is 6.30. The first-order valence-corrected chi connectivity index (χ1v) is 8.16. The Bertz CT molecular complexity index is 663. The number of anilines is 1. The second-order valence-electron chi connectivity index (χ2n) is 4.59. The van der Waals surface area contributed by atoms with Gasteiger partial charge in [0, 0.05) is 14.2 Å². The third-order valence-electron chi connectivity index (χ3n) is 3.30. The number of halogens is 2. The molecule has 3 nitrogen and oxygen atoms in total. The second kappa shape index (κ2) is 5.39. The molecule has 0 saturated carbocycles. The van der Waals surface area contributed by atoms with E-state index < -0.39 is 0 Å². The topological polar surface area (TPSA) is 41.6 Å². The van der Waals surface area contributed by atoms with Crippen LogP contribution in [0.1, 0.15) is 15.8 Å². The van der Waals surface area contributed by atoms with Crippen molar-refractivity contribution in [2.75, 3.05) is 11.4 Å². The van der Waals surface area contributed by atoms with Crippen LogP contribution in [0.15, 0.2) is 39.8 Å². The standard InChI is InChI=1S/C14H13BrClN3S/c1-8-9(15)6-13(20-8)12-7-18-14(17)19(12)11-5-3-2-4-10(11)16/h2-6,12H,7H2,1H3,(H2,17,18). The maximum atomic E-state index is 6.30. The van der Waals surface area contributed by atoms with Crippen LogP contribution in [0.5, 0.6) is 0 Å².